The summed E-state index contributed by atoms with van der Waals surface area (Å²) in [6, 6.07) is 0.128. The van der Waals surface area contributed by atoms with Crippen LogP contribution in [0.3, 0.4) is 0 Å². The minimum absolute atomic E-state index is 0.128. The van der Waals surface area contributed by atoms with Crippen molar-refractivity contribution in [1.82, 2.24) is 5.32 Å². The Balaban J connectivity index is 1.78. The first-order chi connectivity index (χ1) is 8.16. The highest BCUT2D eigenvalue weighted by Gasteiger charge is 2.35. The van der Waals surface area contributed by atoms with E-state index in [9.17, 15) is 9.59 Å². The Labute approximate surface area is 99.3 Å². The zero-order valence-corrected chi connectivity index (χ0v) is 9.55. The first kappa shape index (κ1) is 12.3. The molecule has 2 rings (SSSR count). The van der Waals surface area contributed by atoms with Crippen molar-refractivity contribution in [3.63, 3.8) is 0 Å². The van der Waals surface area contributed by atoms with Gasteiger partial charge in [0.05, 0.1) is 0 Å². The van der Waals surface area contributed by atoms with Gasteiger partial charge in [0, 0.05) is 19.3 Å². The molecule has 0 aliphatic carbocycles. The summed E-state index contributed by atoms with van der Waals surface area (Å²) in [5.74, 6) is -1.19. The van der Waals surface area contributed by atoms with Crippen LogP contribution in [0.2, 0.25) is 0 Å². The van der Waals surface area contributed by atoms with Crippen molar-refractivity contribution in [2.75, 3.05) is 13.2 Å². The number of ether oxygens (including phenoxy) is 2. The smallest absolute Gasteiger partial charge is 0.332 e. The van der Waals surface area contributed by atoms with E-state index in [-0.39, 0.29) is 11.9 Å². The van der Waals surface area contributed by atoms with Gasteiger partial charge in [0.25, 0.3) is 0 Å². The first-order valence-corrected chi connectivity index (χ1v) is 5.93. The third-order valence-corrected chi connectivity index (χ3v) is 3.16. The van der Waals surface area contributed by atoms with Crippen LogP contribution in [-0.2, 0) is 19.1 Å². The third-order valence-electron chi connectivity index (χ3n) is 3.16. The molecule has 0 aromatic rings. The second kappa shape index (κ2) is 5.46. The number of carbonyl (C=O) groups excluding carboxylic acids is 1. The van der Waals surface area contributed by atoms with Gasteiger partial charge in [-0.15, -0.1) is 0 Å². The predicted octanol–water partition coefficient (Wildman–Crippen LogP) is -0.0862. The molecule has 2 aliphatic rings. The van der Waals surface area contributed by atoms with Crippen LogP contribution in [0.1, 0.15) is 25.7 Å². The minimum atomic E-state index is -0.994. The maximum absolute atomic E-state index is 11.8. The summed E-state index contributed by atoms with van der Waals surface area (Å²) >= 11 is 0. The molecule has 0 aromatic heterocycles. The molecule has 1 amide bonds. The van der Waals surface area contributed by atoms with Crippen LogP contribution in [0.4, 0.5) is 0 Å². The molecular weight excluding hydrogens is 226 g/mol. The predicted molar refractivity (Wildman–Crippen MR) is 57.5 cm³/mol. The van der Waals surface area contributed by atoms with E-state index in [1.165, 1.54) is 0 Å². The monoisotopic (exact) mass is 243 g/mol. The average Bonchev–Trinajstić information content (AvgIpc) is 2.79. The largest absolute Gasteiger partial charge is 0.479 e. The average molecular weight is 243 g/mol. The van der Waals surface area contributed by atoms with Crippen LogP contribution >= 0.6 is 0 Å². The summed E-state index contributed by atoms with van der Waals surface area (Å²) in [4.78, 5) is 22.5. The van der Waals surface area contributed by atoms with Gasteiger partial charge in [0.15, 0.2) is 6.10 Å². The van der Waals surface area contributed by atoms with E-state index in [1.54, 1.807) is 0 Å². The summed E-state index contributed by atoms with van der Waals surface area (Å²) < 4.78 is 10.4. The first-order valence-electron chi connectivity index (χ1n) is 5.93. The molecule has 0 saturated carbocycles. The van der Waals surface area contributed by atoms with Gasteiger partial charge in [-0.3, -0.25) is 4.79 Å². The van der Waals surface area contributed by atoms with Crippen molar-refractivity contribution in [3.05, 3.63) is 0 Å². The third kappa shape index (κ3) is 3.17. The van der Waals surface area contributed by atoms with Crippen LogP contribution in [0, 0.1) is 0 Å². The van der Waals surface area contributed by atoms with Crippen molar-refractivity contribution in [2.24, 2.45) is 0 Å². The molecule has 2 heterocycles. The quantitative estimate of drug-likeness (QED) is 0.724. The number of carbonyl (C=O) groups is 2. The Hall–Kier alpha value is -1.14. The van der Waals surface area contributed by atoms with Crippen molar-refractivity contribution >= 4 is 11.9 Å². The van der Waals surface area contributed by atoms with Crippen molar-refractivity contribution in [3.8, 4) is 0 Å². The number of carboxylic acids is 1. The fourth-order valence-electron chi connectivity index (χ4n) is 2.15. The van der Waals surface area contributed by atoms with E-state index >= 15 is 0 Å². The second-order valence-electron chi connectivity index (χ2n) is 4.42. The molecule has 0 unspecified atom stereocenters. The van der Waals surface area contributed by atoms with Gasteiger partial charge in [-0.25, -0.2) is 4.79 Å². The number of hydrogen-bond acceptors (Lipinski definition) is 4. The van der Waals surface area contributed by atoms with Crippen LogP contribution in [0.15, 0.2) is 0 Å². The van der Waals surface area contributed by atoms with E-state index in [4.69, 9.17) is 14.6 Å². The van der Waals surface area contributed by atoms with Gasteiger partial charge in [-0.2, -0.15) is 0 Å². The van der Waals surface area contributed by atoms with Gasteiger partial charge >= 0.3 is 5.97 Å². The normalized spacial score (nSPS) is 30.1. The van der Waals surface area contributed by atoms with E-state index in [0.717, 1.165) is 12.8 Å². The number of nitrogens with one attached hydrogen (secondary N) is 1. The molecule has 2 fully saturated rings. The lowest BCUT2D eigenvalue weighted by atomic mass is 10.1. The molecule has 0 spiro atoms. The summed E-state index contributed by atoms with van der Waals surface area (Å²) in [5.41, 5.74) is 0. The SMILES string of the molecule is O=C(NC1CCOCC1)[C@@H]1CC[C@H](C(=O)O)O1. The van der Waals surface area contributed by atoms with Crippen molar-refractivity contribution in [2.45, 2.75) is 43.9 Å². The van der Waals surface area contributed by atoms with Crippen LogP contribution in [0.5, 0.6) is 0 Å². The Morgan fingerprint density at radius 3 is 2.29 bits per heavy atom. The molecule has 6 nitrogen and oxygen atoms in total. The lowest BCUT2D eigenvalue weighted by Gasteiger charge is -2.24. The van der Waals surface area contributed by atoms with Gasteiger partial charge in [-0.05, 0) is 25.7 Å². The molecule has 6 heteroatoms. The number of carboxylic acid groups (broad SMARTS) is 1. The Bertz CT molecular complexity index is 300. The summed E-state index contributed by atoms with van der Waals surface area (Å²) in [6.07, 6.45) is 1.05. The second-order valence-corrected chi connectivity index (χ2v) is 4.42. The van der Waals surface area contributed by atoms with Crippen LogP contribution < -0.4 is 5.32 Å². The Morgan fingerprint density at radius 2 is 1.71 bits per heavy atom. The van der Waals surface area contributed by atoms with E-state index in [0.29, 0.717) is 26.1 Å². The summed E-state index contributed by atoms with van der Waals surface area (Å²) in [7, 11) is 0. The minimum Gasteiger partial charge on any atom is -0.479 e. The standard InChI is InChI=1S/C11H17NO5/c13-10(12-7-3-5-16-6-4-7)8-1-2-9(17-8)11(14)15/h7-9H,1-6H2,(H,12,13)(H,14,15)/t8-,9+/m0/s1. The zero-order valence-electron chi connectivity index (χ0n) is 9.55. The van der Waals surface area contributed by atoms with Crippen LogP contribution in [-0.4, -0.2) is 48.4 Å². The topological polar surface area (TPSA) is 84.9 Å². The lowest BCUT2D eigenvalue weighted by Crippen LogP contribution is -2.44. The van der Waals surface area contributed by atoms with Gasteiger partial charge in [0.1, 0.15) is 6.10 Å². The highest BCUT2D eigenvalue weighted by molar-refractivity contribution is 5.82. The van der Waals surface area contributed by atoms with Gasteiger partial charge in [-0.1, -0.05) is 0 Å². The highest BCUT2D eigenvalue weighted by Crippen LogP contribution is 2.20. The van der Waals surface area contributed by atoms with Gasteiger partial charge < -0.3 is 19.9 Å². The highest BCUT2D eigenvalue weighted by atomic mass is 16.5. The Kier molecular flexibility index (Phi) is 3.96. The molecule has 17 heavy (non-hydrogen) atoms. The maximum atomic E-state index is 11.8. The van der Waals surface area contributed by atoms with Gasteiger partial charge in [0.2, 0.25) is 5.91 Å². The van der Waals surface area contributed by atoms with E-state index in [2.05, 4.69) is 5.32 Å². The molecule has 0 radical (unpaired) electrons. The Morgan fingerprint density at radius 1 is 1.06 bits per heavy atom. The molecule has 0 bridgehead atoms. The fraction of sp³-hybridized carbons (Fsp3) is 0.818. The zero-order chi connectivity index (χ0) is 12.3. The van der Waals surface area contributed by atoms with E-state index < -0.39 is 18.2 Å². The molecule has 2 aliphatic heterocycles. The summed E-state index contributed by atoms with van der Waals surface area (Å²) in [5, 5.41) is 11.6. The number of amides is 1. The number of hydrogen-bond donors (Lipinski definition) is 2. The van der Waals surface area contributed by atoms with Crippen molar-refractivity contribution < 1.29 is 24.2 Å². The number of aliphatic carboxylic acids is 1. The molecule has 96 valence electrons. The molecule has 2 N–H and O–H groups in total. The fourth-order valence-corrected chi connectivity index (χ4v) is 2.15. The summed E-state index contributed by atoms with van der Waals surface area (Å²) in [6.45, 7) is 1.32. The van der Waals surface area contributed by atoms with Crippen molar-refractivity contribution in [1.29, 1.82) is 0 Å². The van der Waals surface area contributed by atoms with E-state index in [1.807, 2.05) is 0 Å². The van der Waals surface area contributed by atoms with Crippen LogP contribution in [0.25, 0.3) is 0 Å². The lowest BCUT2D eigenvalue weighted by molar-refractivity contribution is -0.152. The maximum Gasteiger partial charge on any atom is 0.332 e. The number of rotatable bonds is 3. The molecule has 2 atom stereocenters. The molecule has 0 aromatic carbocycles. The molecular formula is C11H17NO5. The molecule has 2 saturated heterocycles.